The van der Waals surface area contributed by atoms with Crippen LogP contribution in [-0.2, 0) is 4.79 Å². The molecule has 0 spiro atoms. The number of carbonyl (C=O) groups is 1. The molecule has 0 rings (SSSR count). The molecular formula is C3F3NO. The second-order valence-corrected chi connectivity index (χ2v) is 0.915. The molecule has 1 amide bonds. The Bertz CT molecular complexity index is 142. The van der Waals surface area contributed by atoms with E-state index in [0.29, 0.717) is 0 Å². The van der Waals surface area contributed by atoms with Gasteiger partial charge in [-0.15, -0.1) is 0 Å². The van der Waals surface area contributed by atoms with Crippen LogP contribution in [0.3, 0.4) is 0 Å². The molecule has 8 heavy (non-hydrogen) atoms. The average Bonchev–Trinajstić information content (AvgIpc) is 1.62. The van der Waals surface area contributed by atoms with Crippen molar-refractivity contribution >= 4 is 5.91 Å². The van der Waals surface area contributed by atoms with Gasteiger partial charge in [-0.3, -0.25) is 0 Å². The quantitative estimate of drug-likeness (QED) is 0.440. The molecule has 2 nitrogen and oxygen atoms in total. The van der Waals surface area contributed by atoms with Gasteiger partial charge in [0.1, 0.15) is 0 Å². The van der Waals surface area contributed by atoms with Crippen molar-refractivity contribution in [2.24, 2.45) is 0 Å². The molecule has 0 fully saturated rings. The minimum Gasteiger partial charge on any atom is -0.307 e. The number of carbonyl (C=O) groups excluding carboxylic acids is 1. The van der Waals surface area contributed by atoms with E-state index in [1.54, 1.807) is 4.85 Å². The molecule has 0 aromatic carbocycles. The first-order valence-corrected chi connectivity index (χ1v) is 1.47. The highest BCUT2D eigenvalue weighted by Crippen LogP contribution is 2.15. The fraction of sp³-hybridized carbons (Fsp3) is 0.333. The number of nitrogens with zero attached hydrogens (tertiary/aromatic N) is 1. The Hall–Kier alpha value is -1.05. The molecule has 0 aromatic rings. The maximum absolute atomic E-state index is 10.9. The molecule has 0 unspecified atom stereocenters. The summed E-state index contributed by atoms with van der Waals surface area (Å²) in [4.78, 5) is 11.0. The SMILES string of the molecule is [C-]#[N+]C(=O)C(F)(F)F. The summed E-state index contributed by atoms with van der Waals surface area (Å²) in [7, 11) is 0. The molecule has 0 bridgehead atoms. The largest absolute Gasteiger partial charge is 0.460 e. The van der Waals surface area contributed by atoms with Gasteiger partial charge in [-0.2, -0.15) is 18.0 Å². The Balaban J connectivity index is 4.09. The van der Waals surface area contributed by atoms with E-state index >= 15 is 0 Å². The predicted octanol–water partition coefficient (Wildman–Crippen LogP) is 0.995. The first-order chi connectivity index (χ1) is 3.48. The molecule has 0 aliphatic heterocycles. The fourth-order valence-electron chi connectivity index (χ4n) is 0.0634. The van der Waals surface area contributed by atoms with E-state index in [0.717, 1.165) is 0 Å². The minimum atomic E-state index is -4.98. The summed E-state index contributed by atoms with van der Waals surface area (Å²) in [6.07, 6.45) is -4.98. The normalized spacial score (nSPS) is 10.2. The Labute approximate surface area is 42.7 Å². The first-order valence-electron chi connectivity index (χ1n) is 1.47. The number of amides is 1. The molecule has 0 aliphatic rings. The Morgan fingerprint density at radius 2 is 1.88 bits per heavy atom. The van der Waals surface area contributed by atoms with Crippen molar-refractivity contribution in [1.29, 1.82) is 0 Å². The predicted molar refractivity (Wildman–Crippen MR) is 17.7 cm³/mol. The Morgan fingerprint density at radius 1 is 1.50 bits per heavy atom. The van der Waals surface area contributed by atoms with Crippen LogP contribution in [0, 0.1) is 6.57 Å². The zero-order valence-electron chi connectivity index (χ0n) is 3.49. The van der Waals surface area contributed by atoms with Crippen LogP contribution in [0.4, 0.5) is 13.2 Å². The molecule has 0 heterocycles. The van der Waals surface area contributed by atoms with Crippen LogP contribution in [0.25, 0.3) is 4.85 Å². The standard InChI is InChI=1S/C3F3NO/c1-7-2(8)3(4,5)6. The minimum absolute atomic E-state index is 1.65. The Morgan fingerprint density at radius 3 is 1.88 bits per heavy atom. The Kier molecular flexibility index (Phi) is 1.58. The van der Waals surface area contributed by atoms with Crippen LogP contribution >= 0.6 is 0 Å². The van der Waals surface area contributed by atoms with Crippen LogP contribution < -0.4 is 0 Å². The number of alkyl halides is 3. The van der Waals surface area contributed by atoms with Crippen molar-refractivity contribution in [2.75, 3.05) is 0 Å². The van der Waals surface area contributed by atoms with E-state index in [4.69, 9.17) is 6.57 Å². The van der Waals surface area contributed by atoms with Gasteiger partial charge in [0.25, 0.3) is 0 Å². The highest BCUT2D eigenvalue weighted by atomic mass is 19.4. The van der Waals surface area contributed by atoms with E-state index in [9.17, 15) is 18.0 Å². The van der Waals surface area contributed by atoms with E-state index in [1.807, 2.05) is 0 Å². The lowest BCUT2D eigenvalue weighted by atomic mass is 10.6. The summed E-state index contributed by atoms with van der Waals surface area (Å²) in [5, 5.41) is 0. The van der Waals surface area contributed by atoms with Gasteiger partial charge < -0.3 is 4.79 Å². The van der Waals surface area contributed by atoms with Crippen LogP contribution in [0.1, 0.15) is 0 Å². The summed E-state index contributed by atoms with van der Waals surface area (Å²) >= 11 is 0. The molecule has 0 radical (unpaired) electrons. The van der Waals surface area contributed by atoms with Crippen molar-refractivity contribution < 1.29 is 18.0 Å². The highest BCUT2D eigenvalue weighted by molar-refractivity contribution is 5.90. The van der Waals surface area contributed by atoms with Gasteiger partial charge in [-0.05, 0) is 0 Å². The number of rotatable bonds is 0. The second kappa shape index (κ2) is 1.82. The van der Waals surface area contributed by atoms with E-state index in [2.05, 4.69) is 0 Å². The molecule has 0 aliphatic carbocycles. The summed E-state index contributed by atoms with van der Waals surface area (Å²) in [6, 6.07) is 0. The summed E-state index contributed by atoms with van der Waals surface area (Å²) in [6.45, 7) is 5.62. The van der Waals surface area contributed by atoms with E-state index in [1.165, 1.54) is 0 Å². The van der Waals surface area contributed by atoms with Crippen LogP contribution in [0.2, 0.25) is 0 Å². The molecule has 44 valence electrons. The van der Waals surface area contributed by atoms with Gasteiger partial charge in [-0.25, -0.2) is 0 Å². The topological polar surface area (TPSA) is 21.4 Å². The van der Waals surface area contributed by atoms with Crippen molar-refractivity contribution in [2.45, 2.75) is 6.18 Å². The van der Waals surface area contributed by atoms with Gasteiger partial charge in [0.2, 0.25) is 0 Å². The molecule has 0 aromatic heterocycles. The van der Waals surface area contributed by atoms with Crippen molar-refractivity contribution in [3.8, 4) is 0 Å². The van der Waals surface area contributed by atoms with Gasteiger partial charge in [0.05, 0.1) is 6.57 Å². The summed E-state index contributed by atoms with van der Waals surface area (Å²) in [5.74, 6) is -2.38. The zero-order chi connectivity index (χ0) is 6.78. The van der Waals surface area contributed by atoms with Crippen molar-refractivity contribution in [3.63, 3.8) is 0 Å². The third-order valence-corrected chi connectivity index (χ3v) is 0.344. The van der Waals surface area contributed by atoms with E-state index in [-0.39, 0.29) is 0 Å². The van der Waals surface area contributed by atoms with Gasteiger partial charge in [0, 0.05) is 0 Å². The lowest BCUT2D eigenvalue weighted by Gasteiger charge is -1.93. The highest BCUT2D eigenvalue weighted by Gasteiger charge is 2.39. The van der Waals surface area contributed by atoms with Crippen LogP contribution in [0.15, 0.2) is 0 Å². The number of hydrogen-bond donors (Lipinski definition) is 0. The van der Waals surface area contributed by atoms with Crippen LogP contribution in [-0.4, -0.2) is 12.1 Å². The zero-order valence-corrected chi connectivity index (χ0v) is 3.49. The van der Waals surface area contributed by atoms with Gasteiger partial charge >= 0.3 is 12.1 Å². The molecule has 0 saturated heterocycles. The lowest BCUT2D eigenvalue weighted by Crippen LogP contribution is -2.18. The first kappa shape index (κ1) is 6.95. The third-order valence-electron chi connectivity index (χ3n) is 0.344. The van der Waals surface area contributed by atoms with E-state index < -0.39 is 12.1 Å². The second-order valence-electron chi connectivity index (χ2n) is 0.915. The monoisotopic (exact) mass is 123 g/mol. The summed E-state index contributed by atoms with van der Waals surface area (Å²) in [5.41, 5.74) is 0. The number of halogens is 3. The molecular weight excluding hydrogens is 123 g/mol. The molecule has 5 heteroatoms. The summed E-state index contributed by atoms with van der Waals surface area (Å²) < 4.78 is 32.7. The smallest absolute Gasteiger partial charge is 0.307 e. The third kappa shape index (κ3) is 1.60. The lowest BCUT2D eigenvalue weighted by molar-refractivity contribution is -0.165. The maximum Gasteiger partial charge on any atom is 0.460 e. The molecule has 0 saturated carbocycles. The fourth-order valence-corrected chi connectivity index (χ4v) is 0.0634. The molecule has 0 N–H and O–H groups in total. The van der Waals surface area contributed by atoms with Gasteiger partial charge in [0.15, 0.2) is 0 Å². The van der Waals surface area contributed by atoms with Crippen molar-refractivity contribution in [1.82, 2.24) is 0 Å². The van der Waals surface area contributed by atoms with Gasteiger partial charge in [-0.1, -0.05) is 0 Å². The molecule has 0 atom stereocenters. The maximum atomic E-state index is 10.9. The van der Waals surface area contributed by atoms with Crippen molar-refractivity contribution in [3.05, 3.63) is 11.4 Å². The number of hydrogen-bond acceptors (Lipinski definition) is 1. The van der Waals surface area contributed by atoms with Crippen LogP contribution in [0.5, 0.6) is 0 Å². The average molecular weight is 123 g/mol.